The Morgan fingerprint density at radius 1 is 0.857 bits per heavy atom. The number of carbonyl (C=O) groups is 3. The van der Waals surface area contributed by atoms with Crippen LogP contribution in [0.15, 0.2) is 77.9 Å². The highest BCUT2D eigenvalue weighted by molar-refractivity contribution is 6.14. The quantitative estimate of drug-likeness (QED) is 0.481. The van der Waals surface area contributed by atoms with Gasteiger partial charge in [0.15, 0.2) is 0 Å². The van der Waals surface area contributed by atoms with Gasteiger partial charge in [0, 0.05) is 18.9 Å². The van der Waals surface area contributed by atoms with E-state index in [0.29, 0.717) is 0 Å². The second-order valence-corrected chi connectivity index (χ2v) is 10.6. The molecule has 3 fully saturated rings. The Balaban J connectivity index is 1.44. The van der Waals surface area contributed by atoms with E-state index >= 15 is 0 Å². The Morgan fingerprint density at radius 2 is 1.37 bits per heavy atom. The molecule has 0 radical (unpaired) electrons. The minimum atomic E-state index is -1.05. The van der Waals surface area contributed by atoms with Crippen LogP contribution in [0.2, 0.25) is 0 Å². The third-order valence-electron chi connectivity index (χ3n) is 9.15. The van der Waals surface area contributed by atoms with Crippen LogP contribution >= 0.6 is 0 Å². The largest absolute Gasteiger partial charge is 0.445 e. The average molecular weight is 467 g/mol. The van der Waals surface area contributed by atoms with Gasteiger partial charge in [-0.05, 0) is 30.5 Å². The van der Waals surface area contributed by atoms with Crippen LogP contribution in [-0.2, 0) is 20.9 Å². The van der Waals surface area contributed by atoms with Crippen molar-refractivity contribution in [1.29, 1.82) is 0 Å². The number of likely N-dealkylation sites (tertiary alicyclic amines) is 1. The summed E-state index contributed by atoms with van der Waals surface area (Å²) in [4.78, 5) is 45.2. The van der Waals surface area contributed by atoms with Crippen LogP contribution < -0.4 is 0 Å². The lowest BCUT2D eigenvalue weighted by Gasteiger charge is -2.43. The van der Waals surface area contributed by atoms with E-state index < -0.39 is 29.0 Å². The van der Waals surface area contributed by atoms with Gasteiger partial charge in [-0.1, -0.05) is 77.9 Å². The van der Waals surface area contributed by atoms with E-state index in [1.54, 1.807) is 11.9 Å². The fraction of sp³-hybridized carbons (Fsp3) is 0.345. The van der Waals surface area contributed by atoms with Crippen LogP contribution in [0.4, 0.5) is 4.79 Å². The van der Waals surface area contributed by atoms with Crippen LogP contribution in [0.5, 0.6) is 0 Å². The fourth-order valence-corrected chi connectivity index (χ4v) is 8.24. The Labute approximate surface area is 203 Å². The zero-order valence-corrected chi connectivity index (χ0v) is 19.9. The molecule has 35 heavy (non-hydrogen) atoms. The molecule has 0 aromatic heterocycles. The van der Waals surface area contributed by atoms with Gasteiger partial charge in [0.1, 0.15) is 17.4 Å². The van der Waals surface area contributed by atoms with E-state index in [0.717, 1.165) is 22.3 Å². The molecule has 3 amide bonds. The van der Waals surface area contributed by atoms with Crippen LogP contribution in [0.1, 0.15) is 42.6 Å². The van der Waals surface area contributed by atoms with Gasteiger partial charge in [-0.2, -0.15) is 0 Å². The highest BCUT2D eigenvalue weighted by Crippen LogP contribution is 2.85. The number of benzene rings is 2. The number of carbonyl (C=O) groups excluding carboxylic acids is 3. The van der Waals surface area contributed by atoms with Crippen molar-refractivity contribution in [3.8, 4) is 0 Å². The number of ether oxygens (including phenoxy) is 1. The lowest BCUT2D eigenvalue weighted by atomic mass is 9.52. The summed E-state index contributed by atoms with van der Waals surface area (Å²) in [6, 6.07) is 16.3. The first-order chi connectivity index (χ1) is 16.9. The van der Waals surface area contributed by atoms with Crippen molar-refractivity contribution < 1.29 is 19.1 Å². The summed E-state index contributed by atoms with van der Waals surface area (Å²) >= 11 is 0. The summed E-state index contributed by atoms with van der Waals surface area (Å²) in [7, 11) is 1.60. The van der Waals surface area contributed by atoms with Crippen LogP contribution in [0.25, 0.3) is 0 Å². The number of nitrogens with zero attached hydrogens (tertiary/aromatic N) is 2. The standard InChI is InChI=1S/C29H26N2O4/c1-16(2)22-20-13-14-21(22)29-24-19-12-8-7-11-18(19)23(28(20,29)25(32)30(3)26(29)33)31(24)27(34)35-15-17-9-5-4-6-10-17/h4-14,20-21,23-24H,15H2,1-3H3/t20-,21+,23-,24+,28-,29+. The number of rotatable bonds is 2. The van der Waals surface area contributed by atoms with Crippen molar-refractivity contribution in [2.24, 2.45) is 22.7 Å². The Bertz CT molecular complexity index is 1320. The Morgan fingerprint density at radius 3 is 1.89 bits per heavy atom. The van der Waals surface area contributed by atoms with Gasteiger partial charge in [-0.15, -0.1) is 0 Å². The lowest BCUT2D eigenvalue weighted by molar-refractivity contribution is -0.142. The zero-order chi connectivity index (χ0) is 24.3. The summed E-state index contributed by atoms with van der Waals surface area (Å²) in [6.07, 6.45) is 3.73. The average Bonchev–Trinajstić information content (AvgIpc) is 3.62. The summed E-state index contributed by atoms with van der Waals surface area (Å²) in [5.41, 5.74) is 3.02. The molecule has 176 valence electrons. The van der Waals surface area contributed by atoms with Gasteiger partial charge < -0.3 is 4.74 Å². The predicted molar refractivity (Wildman–Crippen MR) is 128 cm³/mol. The maximum absolute atomic E-state index is 14.2. The maximum atomic E-state index is 14.2. The Kier molecular flexibility index (Phi) is 3.84. The summed E-state index contributed by atoms with van der Waals surface area (Å²) in [5.74, 6) is -0.791. The molecule has 1 saturated carbocycles. The zero-order valence-electron chi connectivity index (χ0n) is 19.9. The van der Waals surface area contributed by atoms with Crippen molar-refractivity contribution in [2.75, 3.05) is 7.05 Å². The first-order valence-corrected chi connectivity index (χ1v) is 12.1. The Hall–Kier alpha value is -3.67. The number of imide groups is 1. The van der Waals surface area contributed by atoms with Gasteiger partial charge in [0.2, 0.25) is 11.8 Å². The summed E-state index contributed by atoms with van der Waals surface area (Å²) in [6.45, 7) is 4.26. The molecule has 6 atom stereocenters. The van der Waals surface area contributed by atoms with Crippen molar-refractivity contribution in [3.05, 3.63) is 94.6 Å². The number of hydrogen-bond donors (Lipinski definition) is 0. The van der Waals surface area contributed by atoms with Crippen LogP contribution in [0.3, 0.4) is 0 Å². The van der Waals surface area contributed by atoms with E-state index in [4.69, 9.17) is 4.74 Å². The van der Waals surface area contributed by atoms with Crippen molar-refractivity contribution in [3.63, 3.8) is 0 Å². The van der Waals surface area contributed by atoms with Gasteiger partial charge in [0.05, 0.1) is 12.1 Å². The molecule has 6 nitrogen and oxygen atoms in total. The molecule has 0 unspecified atom stereocenters. The van der Waals surface area contributed by atoms with Gasteiger partial charge in [0.25, 0.3) is 0 Å². The van der Waals surface area contributed by atoms with E-state index in [-0.39, 0.29) is 30.3 Å². The van der Waals surface area contributed by atoms with Crippen molar-refractivity contribution >= 4 is 17.9 Å². The molecular weight excluding hydrogens is 440 g/mol. The molecule has 5 aliphatic rings. The van der Waals surface area contributed by atoms with Crippen LogP contribution in [-0.4, -0.2) is 34.8 Å². The van der Waals surface area contributed by atoms with E-state index in [9.17, 15) is 14.4 Å². The van der Waals surface area contributed by atoms with E-state index in [1.807, 2.05) is 54.6 Å². The molecule has 2 aliphatic carbocycles. The molecule has 3 aliphatic heterocycles. The minimum absolute atomic E-state index is 0.137. The first-order valence-electron chi connectivity index (χ1n) is 12.1. The highest BCUT2D eigenvalue weighted by atomic mass is 16.6. The fourth-order valence-electron chi connectivity index (χ4n) is 8.24. The molecule has 3 heterocycles. The number of hydrogen-bond acceptors (Lipinski definition) is 4. The maximum Gasteiger partial charge on any atom is 0.411 e. The molecule has 6 heteroatoms. The molecule has 0 spiro atoms. The first kappa shape index (κ1) is 20.7. The van der Waals surface area contributed by atoms with E-state index in [1.165, 1.54) is 10.5 Å². The third kappa shape index (κ3) is 2.00. The summed E-state index contributed by atoms with van der Waals surface area (Å²) in [5, 5.41) is 0. The topological polar surface area (TPSA) is 66.9 Å². The predicted octanol–water partition coefficient (Wildman–Crippen LogP) is 4.56. The number of fused-ring (bicyclic) bond motifs is 7. The van der Waals surface area contributed by atoms with Crippen molar-refractivity contribution in [1.82, 2.24) is 9.80 Å². The second-order valence-electron chi connectivity index (χ2n) is 10.6. The van der Waals surface area contributed by atoms with E-state index in [2.05, 4.69) is 26.0 Å². The molecular formula is C29H26N2O4. The molecule has 2 aromatic rings. The monoisotopic (exact) mass is 466 g/mol. The minimum Gasteiger partial charge on any atom is -0.445 e. The van der Waals surface area contributed by atoms with Gasteiger partial charge in [-0.25, -0.2) is 4.79 Å². The molecule has 4 bridgehead atoms. The molecule has 2 aromatic carbocycles. The molecule has 7 rings (SSSR count). The summed E-state index contributed by atoms with van der Waals surface area (Å²) < 4.78 is 5.83. The molecule has 0 N–H and O–H groups in total. The normalized spacial score (nSPS) is 35.0. The SMILES string of the molecule is CC(C)=C1[C@H]2C=C[C@@H]1[C@]13C(=O)N(C)C(=O)[C@]21[C@H]1c2ccccc2[C@@H]3N1C(=O)OCc1ccccc1. The van der Waals surface area contributed by atoms with Gasteiger partial charge in [-0.3, -0.25) is 19.4 Å². The van der Waals surface area contributed by atoms with Crippen LogP contribution in [0, 0.1) is 22.7 Å². The highest BCUT2D eigenvalue weighted by Gasteiger charge is 2.91. The second kappa shape index (κ2) is 6.51. The number of allylic oxidation sites excluding steroid dienone is 4. The van der Waals surface area contributed by atoms with Crippen molar-refractivity contribution in [2.45, 2.75) is 32.5 Å². The third-order valence-corrected chi connectivity index (χ3v) is 9.15. The lowest BCUT2D eigenvalue weighted by Crippen LogP contribution is -2.50. The van der Waals surface area contributed by atoms with Gasteiger partial charge >= 0.3 is 6.09 Å². The molecule has 2 saturated heterocycles. The smallest absolute Gasteiger partial charge is 0.411 e. The number of amides is 3.